The summed E-state index contributed by atoms with van der Waals surface area (Å²) >= 11 is 0. The van der Waals surface area contributed by atoms with Crippen LogP contribution >= 0.6 is 0 Å². The second kappa shape index (κ2) is 6.14. The molecule has 104 valence electrons. The van der Waals surface area contributed by atoms with Gasteiger partial charge < -0.3 is 15.5 Å². The molecule has 0 saturated carbocycles. The van der Waals surface area contributed by atoms with Crippen LogP contribution < -0.4 is 5.32 Å². The fourth-order valence-electron chi connectivity index (χ4n) is 1.43. The predicted octanol–water partition coefficient (Wildman–Crippen LogP) is 1.72. The second-order valence-electron chi connectivity index (χ2n) is 4.48. The summed E-state index contributed by atoms with van der Waals surface area (Å²) in [7, 11) is 0. The summed E-state index contributed by atoms with van der Waals surface area (Å²) in [6.07, 6.45) is -0.628. The molecule has 1 atom stereocenters. The molecule has 19 heavy (non-hydrogen) atoms. The van der Waals surface area contributed by atoms with Crippen LogP contribution in [0.4, 0.5) is 11.4 Å². The van der Waals surface area contributed by atoms with Gasteiger partial charge in [0.2, 0.25) is 0 Å². The minimum Gasteiger partial charge on any atom is -0.478 e. The summed E-state index contributed by atoms with van der Waals surface area (Å²) in [5, 5.41) is 32.0. The Morgan fingerprint density at radius 3 is 2.58 bits per heavy atom. The number of hydrogen-bond donors (Lipinski definition) is 3. The van der Waals surface area contributed by atoms with Crippen molar-refractivity contribution in [2.75, 3.05) is 11.9 Å². The van der Waals surface area contributed by atoms with Crippen molar-refractivity contribution in [3.05, 3.63) is 33.9 Å². The van der Waals surface area contributed by atoms with E-state index in [9.17, 15) is 20.0 Å². The van der Waals surface area contributed by atoms with Crippen molar-refractivity contribution in [3.8, 4) is 0 Å². The summed E-state index contributed by atoms with van der Waals surface area (Å²) in [6.45, 7) is 3.84. The first-order valence-corrected chi connectivity index (χ1v) is 5.76. The molecule has 7 heteroatoms. The second-order valence-corrected chi connectivity index (χ2v) is 4.48. The molecule has 1 aromatic carbocycles. The highest BCUT2D eigenvalue weighted by atomic mass is 16.6. The summed E-state index contributed by atoms with van der Waals surface area (Å²) < 4.78 is 0. The van der Waals surface area contributed by atoms with Gasteiger partial charge in [0.1, 0.15) is 0 Å². The van der Waals surface area contributed by atoms with E-state index in [0.29, 0.717) is 0 Å². The van der Waals surface area contributed by atoms with E-state index in [-0.39, 0.29) is 29.4 Å². The van der Waals surface area contributed by atoms with Crippen molar-refractivity contribution in [2.45, 2.75) is 20.0 Å². The summed E-state index contributed by atoms with van der Waals surface area (Å²) in [5.41, 5.74) is -0.227. The van der Waals surface area contributed by atoms with Crippen LogP contribution in [-0.2, 0) is 0 Å². The fraction of sp³-hybridized carbons (Fsp3) is 0.417. The van der Waals surface area contributed by atoms with Crippen molar-refractivity contribution in [1.29, 1.82) is 0 Å². The first kappa shape index (κ1) is 14.9. The molecule has 0 aliphatic carbocycles. The third kappa shape index (κ3) is 3.92. The van der Waals surface area contributed by atoms with Gasteiger partial charge in [-0.3, -0.25) is 10.1 Å². The van der Waals surface area contributed by atoms with Gasteiger partial charge in [-0.05, 0) is 12.0 Å². The van der Waals surface area contributed by atoms with E-state index in [4.69, 9.17) is 5.11 Å². The zero-order valence-electron chi connectivity index (χ0n) is 10.7. The molecule has 0 spiro atoms. The lowest BCUT2D eigenvalue weighted by molar-refractivity contribution is -0.384. The van der Waals surface area contributed by atoms with Gasteiger partial charge in [0.05, 0.1) is 16.6 Å². The number of anilines is 1. The Kier molecular flexibility index (Phi) is 4.82. The number of aliphatic hydroxyl groups is 1. The number of carboxylic acids is 1. The van der Waals surface area contributed by atoms with Crippen LogP contribution in [0.5, 0.6) is 0 Å². The molecule has 0 saturated heterocycles. The number of aromatic carboxylic acids is 1. The molecular formula is C12H16N2O5. The normalized spacial score (nSPS) is 12.2. The number of hydrogen-bond acceptors (Lipinski definition) is 5. The molecule has 7 nitrogen and oxygen atoms in total. The van der Waals surface area contributed by atoms with E-state index in [1.54, 1.807) is 0 Å². The predicted molar refractivity (Wildman–Crippen MR) is 69.4 cm³/mol. The largest absolute Gasteiger partial charge is 0.478 e. The van der Waals surface area contributed by atoms with Crippen molar-refractivity contribution in [3.63, 3.8) is 0 Å². The first-order valence-electron chi connectivity index (χ1n) is 5.76. The standard InChI is InChI=1S/C12H16N2O5/c1-7(2)11(15)6-13-10-4-3-8(14(18)19)5-9(10)12(16)17/h3-5,7,11,13,15H,6H2,1-2H3,(H,16,17). The van der Waals surface area contributed by atoms with Crippen molar-refractivity contribution in [1.82, 2.24) is 0 Å². The number of non-ortho nitro benzene ring substituents is 1. The molecule has 0 fully saturated rings. The number of nitrogens with zero attached hydrogens (tertiary/aromatic N) is 1. The molecule has 1 unspecified atom stereocenters. The Labute approximate surface area is 110 Å². The quantitative estimate of drug-likeness (QED) is 0.535. The Morgan fingerprint density at radius 1 is 1.47 bits per heavy atom. The molecule has 0 aliphatic heterocycles. The highest BCUT2D eigenvalue weighted by Crippen LogP contribution is 2.22. The van der Waals surface area contributed by atoms with Crippen LogP contribution in [-0.4, -0.2) is 33.8 Å². The van der Waals surface area contributed by atoms with Gasteiger partial charge in [-0.25, -0.2) is 4.79 Å². The molecule has 0 heterocycles. The zero-order chi connectivity index (χ0) is 14.6. The Bertz CT molecular complexity index is 487. The summed E-state index contributed by atoms with van der Waals surface area (Å²) in [4.78, 5) is 21.0. The van der Waals surface area contributed by atoms with Crippen molar-refractivity contribution in [2.24, 2.45) is 5.92 Å². The minimum absolute atomic E-state index is 0.0267. The van der Waals surface area contributed by atoms with Gasteiger partial charge in [0, 0.05) is 24.4 Å². The highest BCUT2D eigenvalue weighted by molar-refractivity contribution is 5.95. The number of nitrogens with one attached hydrogen (secondary N) is 1. The maximum Gasteiger partial charge on any atom is 0.338 e. The number of aliphatic hydroxyl groups excluding tert-OH is 1. The van der Waals surface area contributed by atoms with E-state index >= 15 is 0 Å². The molecule has 1 aromatic rings. The van der Waals surface area contributed by atoms with Gasteiger partial charge in [0.25, 0.3) is 5.69 Å². The molecule has 0 aliphatic rings. The van der Waals surface area contributed by atoms with Crippen LogP contribution in [0.25, 0.3) is 0 Å². The third-order valence-corrected chi connectivity index (χ3v) is 2.72. The van der Waals surface area contributed by atoms with Gasteiger partial charge in [-0.1, -0.05) is 13.8 Å². The van der Waals surface area contributed by atoms with Crippen molar-refractivity contribution < 1.29 is 19.9 Å². The summed E-state index contributed by atoms with van der Waals surface area (Å²) in [5.74, 6) is -1.23. The SMILES string of the molecule is CC(C)C(O)CNc1ccc([N+](=O)[O-])cc1C(=O)O. The Balaban J connectivity index is 2.94. The van der Waals surface area contributed by atoms with Crippen molar-refractivity contribution >= 4 is 17.3 Å². The van der Waals surface area contributed by atoms with Gasteiger partial charge >= 0.3 is 5.97 Å². The van der Waals surface area contributed by atoms with E-state index < -0.39 is 17.0 Å². The molecule has 0 aromatic heterocycles. The topological polar surface area (TPSA) is 113 Å². The first-order chi connectivity index (χ1) is 8.82. The monoisotopic (exact) mass is 268 g/mol. The number of nitro benzene ring substituents is 1. The molecule has 1 rings (SSSR count). The van der Waals surface area contributed by atoms with Gasteiger partial charge in [-0.2, -0.15) is 0 Å². The molecular weight excluding hydrogens is 252 g/mol. The average molecular weight is 268 g/mol. The lowest BCUT2D eigenvalue weighted by Crippen LogP contribution is -2.25. The number of rotatable bonds is 6. The highest BCUT2D eigenvalue weighted by Gasteiger charge is 2.17. The number of benzene rings is 1. The Morgan fingerprint density at radius 2 is 2.11 bits per heavy atom. The molecule has 0 bridgehead atoms. The lowest BCUT2D eigenvalue weighted by Gasteiger charge is -2.16. The smallest absolute Gasteiger partial charge is 0.338 e. The van der Waals surface area contributed by atoms with E-state index in [2.05, 4.69) is 5.32 Å². The summed E-state index contributed by atoms with van der Waals surface area (Å²) in [6, 6.07) is 3.54. The Hall–Kier alpha value is -2.15. The zero-order valence-corrected chi connectivity index (χ0v) is 10.7. The number of nitro groups is 1. The molecule has 0 radical (unpaired) electrons. The lowest BCUT2D eigenvalue weighted by atomic mass is 10.1. The van der Waals surface area contributed by atoms with Crippen LogP contribution in [0.2, 0.25) is 0 Å². The molecule has 3 N–H and O–H groups in total. The maximum atomic E-state index is 11.1. The number of carboxylic acid groups (broad SMARTS) is 1. The minimum atomic E-state index is -1.26. The number of carbonyl (C=O) groups is 1. The van der Waals surface area contributed by atoms with Gasteiger partial charge in [-0.15, -0.1) is 0 Å². The van der Waals surface area contributed by atoms with Gasteiger partial charge in [0.15, 0.2) is 0 Å². The van der Waals surface area contributed by atoms with E-state index in [1.165, 1.54) is 12.1 Å². The van der Waals surface area contributed by atoms with Crippen LogP contribution in [0.1, 0.15) is 24.2 Å². The van der Waals surface area contributed by atoms with E-state index in [0.717, 1.165) is 6.07 Å². The van der Waals surface area contributed by atoms with E-state index in [1.807, 2.05) is 13.8 Å². The maximum absolute atomic E-state index is 11.1. The average Bonchev–Trinajstić information content (AvgIpc) is 2.35. The van der Waals surface area contributed by atoms with Crippen LogP contribution in [0, 0.1) is 16.0 Å². The fourth-order valence-corrected chi connectivity index (χ4v) is 1.43. The van der Waals surface area contributed by atoms with Crippen LogP contribution in [0.15, 0.2) is 18.2 Å². The molecule has 0 amide bonds. The van der Waals surface area contributed by atoms with Crippen LogP contribution in [0.3, 0.4) is 0 Å². The third-order valence-electron chi connectivity index (χ3n) is 2.72.